The monoisotopic (exact) mass is 247 g/mol. The van der Waals surface area contributed by atoms with Crippen molar-refractivity contribution in [2.75, 3.05) is 13.2 Å². The van der Waals surface area contributed by atoms with Crippen molar-refractivity contribution in [3.05, 3.63) is 30.3 Å². The number of ether oxygens (including phenoxy) is 1. The van der Waals surface area contributed by atoms with Gasteiger partial charge in [0.1, 0.15) is 5.75 Å². The fraction of sp³-hybridized carbons (Fsp3) is 0.625. The predicted octanol–water partition coefficient (Wildman–Crippen LogP) is 3.62. The van der Waals surface area contributed by atoms with E-state index in [1.54, 1.807) is 0 Å². The first-order valence-corrected chi connectivity index (χ1v) is 7.29. The summed E-state index contributed by atoms with van der Waals surface area (Å²) in [5, 5.41) is 3.59. The minimum Gasteiger partial charge on any atom is -0.494 e. The summed E-state index contributed by atoms with van der Waals surface area (Å²) in [6.45, 7) is 4.06. The van der Waals surface area contributed by atoms with Crippen LogP contribution in [0.3, 0.4) is 0 Å². The molecule has 1 aromatic rings. The number of hydrogen-bond acceptors (Lipinski definition) is 2. The summed E-state index contributed by atoms with van der Waals surface area (Å²) < 4.78 is 5.78. The molecule has 1 atom stereocenters. The zero-order valence-electron chi connectivity index (χ0n) is 11.4. The molecular weight excluding hydrogens is 222 g/mol. The van der Waals surface area contributed by atoms with Gasteiger partial charge in [-0.3, -0.25) is 0 Å². The van der Waals surface area contributed by atoms with Crippen molar-refractivity contribution in [3.63, 3.8) is 0 Å². The fourth-order valence-electron chi connectivity index (χ4n) is 2.56. The topological polar surface area (TPSA) is 21.3 Å². The first-order chi connectivity index (χ1) is 8.88. The third-order valence-corrected chi connectivity index (χ3v) is 3.81. The van der Waals surface area contributed by atoms with E-state index >= 15 is 0 Å². The van der Waals surface area contributed by atoms with Crippen LogP contribution in [0.15, 0.2) is 30.3 Å². The summed E-state index contributed by atoms with van der Waals surface area (Å²) in [7, 11) is 0. The number of nitrogens with one attached hydrogen (secondary N) is 1. The summed E-state index contributed by atoms with van der Waals surface area (Å²) in [6.07, 6.45) is 6.73. The zero-order chi connectivity index (χ0) is 12.6. The van der Waals surface area contributed by atoms with Gasteiger partial charge in [0.05, 0.1) is 6.61 Å². The van der Waals surface area contributed by atoms with Crippen molar-refractivity contribution in [2.45, 2.75) is 45.1 Å². The quantitative estimate of drug-likeness (QED) is 0.757. The Kier molecular flexibility index (Phi) is 5.53. The molecule has 2 heteroatoms. The third kappa shape index (κ3) is 4.34. The van der Waals surface area contributed by atoms with Gasteiger partial charge in [-0.15, -0.1) is 0 Å². The van der Waals surface area contributed by atoms with Crippen LogP contribution in [0.1, 0.15) is 39.0 Å². The summed E-state index contributed by atoms with van der Waals surface area (Å²) in [5.74, 6) is 1.95. The minimum atomic E-state index is 0.629. The molecule has 2 nitrogen and oxygen atoms in total. The summed E-state index contributed by atoms with van der Waals surface area (Å²) >= 11 is 0. The molecule has 18 heavy (non-hydrogen) atoms. The molecule has 0 spiro atoms. The predicted molar refractivity (Wildman–Crippen MR) is 76.0 cm³/mol. The van der Waals surface area contributed by atoms with E-state index in [0.29, 0.717) is 6.04 Å². The molecule has 0 radical (unpaired) electrons. The first kappa shape index (κ1) is 13.4. The SMILES string of the molecule is CCNC(CCOc1ccccc1)CC1CCC1. The highest BCUT2D eigenvalue weighted by atomic mass is 16.5. The lowest BCUT2D eigenvalue weighted by Gasteiger charge is -2.30. The first-order valence-electron chi connectivity index (χ1n) is 7.29. The Balaban J connectivity index is 1.68. The van der Waals surface area contributed by atoms with Crippen LogP contribution in [-0.2, 0) is 0 Å². The van der Waals surface area contributed by atoms with Crippen molar-refractivity contribution in [3.8, 4) is 5.75 Å². The highest BCUT2D eigenvalue weighted by Gasteiger charge is 2.21. The molecule has 2 rings (SSSR count). The maximum Gasteiger partial charge on any atom is 0.119 e. The number of hydrogen-bond donors (Lipinski definition) is 1. The van der Waals surface area contributed by atoms with Crippen molar-refractivity contribution in [1.29, 1.82) is 0 Å². The molecule has 0 aromatic heterocycles. The van der Waals surface area contributed by atoms with Crippen LogP contribution >= 0.6 is 0 Å². The molecule has 1 saturated carbocycles. The molecule has 100 valence electrons. The summed E-state index contributed by atoms with van der Waals surface area (Å²) in [5.41, 5.74) is 0. The van der Waals surface area contributed by atoms with E-state index in [1.807, 2.05) is 30.3 Å². The molecule has 1 aliphatic rings. The van der Waals surface area contributed by atoms with Gasteiger partial charge in [-0.25, -0.2) is 0 Å². The fourth-order valence-corrected chi connectivity index (χ4v) is 2.56. The van der Waals surface area contributed by atoms with Gasteiger partial charge >= 0.3 is 0 Å². The largest absolute Gasteiger partial charge is 0.494 e. The molecule has 0 bridgehead atoms. The van der Waals surface area contributed by atoms with Crippen LogP contribution in [0.5, 0.6) is 5.75 Å². The van der Waals surface area contributed by atoms with Crippen LogP contribution in [0, 0.1) is 5.92 Å². The van der Waals surface area contributed by atoms with Gasteiger partial charge in [-0.05, 0) is 37.4 Å². The van der Waals surface area contributed by atoms with Crippen molar-refractivity contribution in [1.82, 2.24) is 5.32 Å². The second-order valence-corrected chi connectivity index (χ2v) is 5.24. The molecule has 0 aliphatic heterocycles. The van der Waals surface area contributed by atoms with Crippen molar-refractivity contribution in [2.24, 2.45) is 5.92 Å². The second-order valence-electron chi connectivity index (χ2n) is 5.24. The Morgan fingerprint density at radius 3 is 2.67 bits per heavy atom. The zero-order valence-corrected chi connectivity index (χ0v) is 11.4. The smallest absolute Gasteiger partial charge is 0.119 e. The Morgan fingerprint density at radius 2 is 2.06 bits per heavy atom. The van der Waals surface area contributed by atoms with Crippen LogP contribution < -0.4 is 10.1 Å². The van der Waals surface area contributed by atoms with Gasteiger partial charge in [0, 0.05) is 6.04 Å². The molecule has 1 aliphatic carbocycles. The van der Waals surface area contributed by atoms with Gasteiger partial charge < -0.3 is 10.1 Å². The van der Waals surface area contributed by atoms with Crippen molar-refractivity contribution >= 4 is 0 Å². The van der Waals surface area contributed by atoms with E-state index in [1.165, 1.54) is 25.7 Å². The average Bonchev–Trinajstić information content (AvgIpc) is 2.35. The van der Waals surface area contributed by atoms with Gasteiger partial charge in [-0.2, -0.15) is 0 Å². The maximum absolute atomic E-state index is 5.78. The minimum absolute atomic E-state index is 0.629. The third-order valence-electron chi connectivity index (χ3n) is 3.81. The van der Waals surface area contributed by atoms with Gasteiger partial charge in [0.15, 0.2) is 0 Å². The lowest BCUT2D eigenvalue weighted by molar-refractivity contribution is 0.228. The summed E-state index contributed by atoms with van der Waals surface area (Å²) in [6, 6.07) is 10.7. The van der Waals surface area contributed by atoms with E-state index < -0.39 is 0 Å². The Labute approximate surface area is 111 Å². The average molecular weight is 247 g/mol. The van der Waals surface area contributed by atoms with Gasteiger partial charge in [-0.1, -0.05) is 44.4 Å². The highest BCUT2D eigenvalue weighted by molar-refractivity contribution is 5.20. The molecule has 1 fully saturated rings. The van der Waals surface area contributed by atoms with E-state index in [0.717, 1.165) is 31.2 Å². The standard InChI is InChI=1S/C16H25NO/c1-2-17-15(13-14-7-6-8-14)11-12-18-16-9-4-3-5-10-16/h3-5,9-10,14-15,17H,2,6-8,11-13H2,1H3. The maximum atomic E-state index is 5.78. The van der Waals surface area contributed by atoms with Crippen LogP contribution in [-0.4, -0.2) is 19.2 Å². The Bertz CT molecular complexity index is 321. The second kappa shape index (κ2) is 7.42. The number of rotatable bonds is 8. The lowest BCUT2D eigenvalue weighted by atomic mass is 9.80. The Morgan fingerprint density at radius 1 is 1.28 bits per heavy atom. The molecule has 0 amide bonds. The number of benzene rings is 1. The summed E-state index contributed by atoms with van der Waals surface area (Å²) in [4.78, 5) is 0. The van der Waals surface area contributed by atoms with Gasteiger partial charge in [0.2, 0.25) is 0 Å². The van der Waals surface area contributed by atoms with E-state index in [-0.39, 0.29) is 0 Å². The van der Waals surface area contributed by atoms with Crippen LogP contribution in [0.4, 0.5) is 0 Å². The molecule has 0 saturated heterocycles. The van der Waals surface area contributed by atoms with Crippen LogP contribution in [0.25, 0.3) is 0 Å². The lowest BCUT2D eigenvalue weighted by Crippen LogP contribution is -2.34. The van der Waals surface area contributed by atoms with Crippen molar-refractivity contribution < 1.29 is 4.74 Å². The van der Waals surface area contributed by atoms with E-state index in [4.69, 9.17) is 4.74 Å². The molecule has 1 unspecified atom stereocenters. The van der Waals surface area contributed by atoms with Crippen LogP contribution in [0.2, 0.25) is 0 Å². The van der Waals surface area contributed by atoms with E-state index in [9.17, 15) is 0 Å². The Hall–Kier alpha value is -1.02. The molecule has 0 heterocycles. The van der Waals surface area contributed by atoms with Gasteiger partial charge in [0.25, 0.3) is 0 Å². The normalized spacial score (nSPS) is 17.2. The highest BCUT2D eigenvalue weighted by Crippen LogP contribution is 2.31. The molecular formula is C16H25NO. The molecule has 1 aromatic carbocycles. The number of para-hydroxylation sites is 1. The van der Waals surface area contributed by atoms with E-state index in [2.05, 4.69) is 12.2 Å². The molecule has 1 N–H and O–H groups in total.